The first kappa shape index (κ1) is 18.1. The lowest BCUT2D eigenvalue weighted by Gasteiger charge is -2.29. The number of aliphatic hydroxyl groups is 1. The molecule has 0 bridgehead atoms. The highest BCUT2D eigenvalue weighted by atomic mass is 79.9. The van der Waals surface area contributed by atoms with E-state index in [-0.39, 0.29) is 11.1 Å². The third-order valence-electron chi connectivity index (χ3n) is 3.11. The Labute approximate surface area is 158 Å². The third-order valence-corrected chi connectivity index (χ3v) is 7.88. The second-order valence-corrected chi connectivity index (χ2v) is 7.66. The lowest BCUT2D eigenvalue weighted by atomic mass is 10.1. The van der Waals surface area contributed by atoms with Gasteiger partial charge in [-0.15, -0.1) is 0 Å². The maximum atomic E-state index is 12.5. The van der Waals surface area contributed by atoms with Gasteiger partial charge in [0.05, 0.1) is 23.2 Å². The van der Waals surface area contributed by atoms with Gasteiger partial charge < -0.3 is 15.0 Å². The number of nitrogens with zero attached hydrogens (tertiary/aromatic N) is 1. The van der Waals surface area contributed by atoms with E-state index in [1.165, 1.54) is 6.92 Å². The van der Waals surface area contributed by atoms with Crippen molar-refractivity contribution in [1.82, 2.24) is 4.90 Å². The van der Waals surface area contributed by atoms with Crippen LogP contribution in [0.5, 0.6) is 0 Å². The minimum Gasteiger partial charge on any atom is -0.548 e. The first-order valence-electron chi connectivity index (χ1n) is 5.74. The highest BCUT2D eigenvalue weighted by molar-refractivity contribution is 9.15. The van der Waals surface area contributed by atoms with Crippen LogP contribution in [0.4, 0.5) is 0 Å². The molecule has 22 heavy (non-hydrogen) atoms. The molecule has 2 amide bonds. The summed E-state index contributed by atoms with van der Waals surface area (Å²) in [6.07, 6.45) is -1.48. The van der Waals surface area contributed by atoms with Crippen molar-refractivity contribution in [2.45, 2.75) is 19.1 Å². The number of benzene rings is 1. The molecule has 6 nitrogen and oxygen atoms in total. The molecule has 2 atom stereocenters. The molecule has 1 aliphatic heterocycles. The summed E-state index contributed by atoms with van der Waals surface area (Å²) < 4.78 is 1.59. The van der Waals surface area contributed by atoms with Crippen LogP contribution in [0.3, 0.4) is 0 Å². The van der Waals surface area contributed by atoms with Crippen molar-refractivity contribution in [2.75, 3.05) is 0 Å². The van der Waals surface area contributed by atoms with Crippen molar-refractivity contribution < 1.29 is 24.6 Å². The molecule has 0 aliphatic carbocycles. The lowest BCUT2D eigenvalue weighted by molar-refractivity contribution is -0.312. The number of carbonyl (C=O) groups excluding carboxylic acids is 3. The Balaban J connectivity index is 2.71. The molecule has 0 saturated carbocycles. The Morgan fingerprint density at radius 1 is 1.00 bits per heavy atom. The van der Waals surface area contributed by atoms with Crippen LogP contribution in [0.25, 0.3) is 0 Å². The molecular formula is C12H6Br4NO5-. The number of carboxylic acids is 1. The van der Waals surface area contributed by atoms with Crippen LogP contribution in [0, 0.1) is 0 Å². The highest BCUT2D eigenvalue weighted by Gasteiger charge is 2.45. The van der Waals surface area contributed by atoms with Crippen LogP contribution in [-0.2, 0) is 4.79 Å². The smallest absolute Gasteiger partial charge is 0.263 e. The summed E-state index contributed by atoms with van der Waals surface area (Å²) in [6.45, 7) is 1.17. The number of aliphatic carboxylic acids is 1. The molecular weight excluding hydrogens is 558 g/mol. The number of carboxylic acid groups (broad SMARTS) is 1. The monoisotopic (exact) mass is 560 g/mol. The van der Waals surface area contributed by atoms with Crippen LogP contribution in [0.15, 0.2) is 17.9 Å². The molecule has 1 aromatic rings. The van der Waals surface area contributed by atoms with E-state index in [0.717, 1.165) is 0 Å². The molecule has 118 valence electrons. The van der Waals surface area contributed by atoms with Crippen molar-refractivity contribution in [1.29, 1.82) is 0 Å². The number of amides is 2. The van der Waals surface area contributed by atoms with Crippen molar-refractivity contribution in [3.8, 4) is 0 Å². The summed E-state index contributed by atoms with van der Waals surface area (Å²) >= 11 is 12.9. The molecule has 0 saturated heterocycles. The first-order valence-corrected chi connectivity index (χ1v) is 8.91. The molecule has 0 unspecified atom stereocenters. The summed E-state index contributed by atoms with van der Waals surface area (Å²) in [5, 5.41) is 20.8. The van der Waals surface area contributed by atoms with E-state index in [1.807, 2.05) is 0 Å². The fourth-order valence-corrected chi connectivity index (χ4v) is 4.59. The number of imide groups is 1. The second kappa shape index (κ2) is 6.31. The normalized spacial score (nSPS) is 16.7. The standard InChI is InChI=1S/C12H7Br4NO5/c1-2(18)9(12(21)22)17-10(19)3-4(11(17)20)6(14)8(16)7(15)5(3)13/h2,9,18H,1H3,(H,21,22)/p-1/t2-,9+/m0/s1. The summed E-state index contributed by atoms with van der Waals surface area (Å²) in [5.74, 6) is -3.36. The fourth-order valence-electron chi connectivity index (χ4n) is 2.14. The maximum Gasteiger partial charge on any atom is 0.263 e. The topological polar surface area (TPSA) is 97.7 Å². The van der Waals surface area contributed by atoms with Crippen LogP contribution >= 0.6 is 63.7 Å². The van der Waals surface area contributed by atoms with E-state index < -0.39 is 29.9 Å². The first-order chi connectivity index (χ1) is 10.1. The van der Waals surface area contributed by atoms with Gasteiger partial charge in [-0.25, -0.2) is 0 Å². The van der Waals surface area contributed by atoms with Gasteiger partial charge in [-0.05, 0) is 70.6 Å². The highest BCUT2D eigenvalue weighted by Crippen LogP contribution is 2.45. The van der Waals surface area contributed by atoms with Gasteiger partial charge in [0.25, 0.3) is 11.8 Å². The fraction of sp³-hybridized carbons (Fsp3) is 0.250. The van der Waals surface area contributed by atoms with E-state index >= 15 is 0 Å². The Morgan fingerprint density at radius 2 is 1.36 bits per heavy atom. The molecule has 0 radical (unpaired) electrons. The number of carbonyl (C=O) groups is 3. The van der Waals surface area contributed by atoms with E-state index in [0.29, 0.717) is 22.8 Å². The molecule has 0 aromatic heterocycles. The van der Waals surface area contributed by atoms with E-state index in [2.05, 4.69) is 63.7 Å². The molecule has 0 spiro atoms. The number of rotatable bonds is 3. The Bertz CT molecular complexity index is 671. The number of hydrogen-bond acceptors (Lipinski definition) is 5. The van der Waals surface area contributed by atoms with Gasteiger partial charge in [-0.2, -0.15) is 0 Å². The van der Waals surface area contributed by atoms with Crippen molar-refractivity contribution in [2.24, 2.45) is 0 Å². The van der Waals surface area contributed by atoms with Gasteiger partial charge in [0.2, 0.25) is 0 Å². The quantitative estimate of drug-likeness (QED) is 0.344. The Kier molecular flexibility index (Phi) is 5.18. The summed E-state index contributed by atoms with van der Waals surface area (Å²) in [7, 11) is 0. The molecule has 1 N–H and O–H groups in total. The molecule has 1 aliphatic rings. The average Bonchev–Trinajstić information content (AvgIpc) is 2.67. The number of fused-ring (bicyclic) bond motifs is 1. The van der Waals surface area contributed by atoms with Crippen LogP contribution < -0.4 is 5.11 Å². The van der Waals surface area contributed by atoms with Gasteiger partial charge in [-0.3, -0.25) is 14.5 Å². The third kappa shape index (κ3) is 2.58. The predicted molar refractivity (Wildman–Crippen MR) is 88.2 cm³/mol. The van der Waals surface area contributed by atoms with Gasteiger partial charge >= 0.3 is 0 Å². The summed E-state index contributed by atoms with van der Waals surface area (Å²) in [6, 6.07) is -1.77. The van der Waals surface area contributed by atoms with Crippen molar-refractivity contribution in [3.05, 3.63) is 29.0 Å². The van der Waals surface area contributed by atoms with Crippen LogP contribution in [-0.4, -0.2) is 39.9 Å². The zero-order valence-corrected chi connectivity index (χ0v) is 17.0. The zero-order valence-electron chi connectivity index (χ0n) is 10.7. The number of halogens is 4. The molecule has 1 aromatic carbocycles. The van der Waals surface area contributed by atoms with Gasteiger partial charge in [0, 0.05) is 17.9 Å². The van der Waals surface area contributed by atoms with Gasteiger partial charge in [0.1, 0.15) is 6.04 Å². The van der Waals surface area contributed by atoms with Gasteiger partial charge in [-0.1, -0.05) is 0 Å². The summed E-state index contributed by atoms with van der Waals surface area (Å²) in [4.78, 5) is 36.7. The molecule has 0 fully saturated rings. The van der Waals surface area contributed by atoms with Crippen molar-refractivity contribution in [3.63, 3.8) is 0 Å². The molecule has 10 heteroatoms. The van der Waals surface area contributed by atoms with Crippen LogP contribution in [0.2, 0.25) is 0 Å². The SMILES string of the molecule is C[C@H](O)[C@H](C(=O)[O-])N1C(=O)c2c(Br)c(Br)c(Br)c(Br)c2C1=O. The van der Waals surface area contributed by atoms with E-state index in [9.17, 15) is 24.6 Å². The zero-order chi connectivity index (χ0) is 16.9. The average molecular weight is 564 g/mol. The van der Waals surface area contributed by atoms with E-state index in [4.69, 9.17) is 0 Å². The minimum atomic E-state index is -1.77. The largest absolute Gasteiger partial charge is 0.548 e. The minimum absolute atomic E-state index is 0.0128. The molecule has 2 rings (SSSR count). The van der Waals surface area contributed by atoms with Crippen LogP contribution in [0.1, 0.15) is 27.6 Å². The van der Waals surface area contributed by atoms with Gasteiger partial charge in [0.15, 0.2) is 0 Å². The summed E-state index contributed by atoms with van der Waals surface area (Å²) in [5.41, 5.74) is 0.0256. The predicted octanol–water partition coefficient (Wildman–Crippen LogP) is 1.83. The Hall–Kier alpha value is -0.290. The second-order valence-electron chi connectivity index (χ2n) is 4.49. The maximum absolute atomic E-state index is 12.5. The van der Waals surface area contributed by atoms with Crippen molar-refractivity contribution >= 4 is 81.5 Å². The number of aliphatic hydroxyl groups excluding tert-OH is 1. The number of hydrogen-bond donors (Lipinski definition) is 1. The molecule has 1 heterocycles. The van der Waals surface area contributed by atoms with E-state index in [1.54, 1.807) is 0 Å². The Morgan fingerprint density at radius 3 is 1.64 bits per heavy atom. The lowest BCUT2D eigenvalue weighted by Crippen LogP contribution is -2.55.